The summed E-state index contributed by atoms with van der Waals surface area (Å²) in [4.78, 5) is 37.9. The number of halogens is 1. The fourth-order valence-corrected chi connectivity index (χ4v) is 4.33. The van der Waals surface area contributed by atoms with Crippen LogP contribution in [0.2, 0.25) is 5.02 Å². The number of hydrogen-bond acceptors (Lipinski definition) is 5. The molecule has 0 aliphatic carbocycles. The number of rotatable bonds is 8. The van der Waals surface area contributed by atoms with Crippen molar-refractivity contribution >= 4 is 29.4 Å². The number of carboxylic acid groups (broad SMARTS) is 1. The minimum Gasteiger partial charge on any atom is -0.479 e. The number of carbonyl (C=O) groups is 3. The molecule has 1 aliphatic heterocycles. The highest BCUT2D eigenvalue weighted by atomic mass is 35.5. The molecule has 1 aliphatic rings. The third kappa shape index (κ3) is 7.03. The lowest BCUT2D eigenvalue weighted by Gasteiger charge is -2.31. The van der Waals surface area contributed by atoms with Crippen LogP contribution in [0.3, 0.4) is 0 Å². The number of carbonyl (C=O) groups excluding carboxylic acids is 2. The van der Waals surface area contributed by atoms with E-state index in [1.165, 1.54) is 4.90 Å². The molecule has 2 aromatic carbocycles. The van der Waals surface area contributed by atoms with Crippen molar-refractivity contribution in [3.63, 3.8) is 0 Å². The third-order valence-electron chi connectivity index (χ3n) is 5.98. The smallest absolute Gasteiger partial charge is 0.332 e. The number of aliphatic carboxylic acids is 1. The Morgan fingerprint density at radius 1 is 1.12 bits per heavy atom. The molecule has 3 atom stereocenters. The first-order chi connectivity index (χ1) is 16.3. The standard InChI is InChI=1S/C25H29ClN2O6/c26-20-5-1-4-19(12-20)18-8-6-16(7-9-18)11-21(13-22(30)25(33)34)27-23(31)24(32)28-10-2-3-17(14-28)15-29/h1,4-9,12,17,21-22,29-30H,2-3,10-11,13-15H2,(H,27,31)(H,33,34)/t17-,21?,22?/m0/s1. The highest BCUT2D eigenvalue weighted by molar-refractivity contribution is 6.35. The average Bonchev–Trinajstić information content (AvgIpc) is 2.83. The Morgan fingerprint density at radius 3 is 2.50 bits per heavy atom. The van der Waals surface area contributed by atoms with Crippen molar-refractivity contribution in [2.45, 2.75) is 37.8 Å². The van der Waals surface area contributed by atoms with Crippen molar-refractivity contribution in [1.82, 2.24) is 10.2 Å². The summed E-state index contributed by atoms with van der Waals surface area (Å²) in [5.74, 6) is -3.03. The SMILES string of the molecule is O=C(NC(Cc1ccc(-c2cccc(Cl)c2)cc1)CC(O)C(=O)O)C(=O)N1CCC[C@H](CO)C1. The summed E-state index contributed by atoms with van der Waals surface area (Å²) in [5, 5.41) is 31.6. The summed E-state index contributed by atoms with van der Waals surface area (Å²) in [6, 6.07) is 14.1. The molecule has 2 aromatic rings. The second kappa shape index (κ2) is 12.0. The Morgan fingerprint density at radius 2 is 1.85 bits per heavy atom. The molecule has 3 rings (SSSR count). The van der Waals surface area contributed by atoms with Crippen LogP contribution in [0.1, 0.15) is 24.8 Å². The van der Waals surface area contributed by atoms with E-state index in [-0.39, 0.29) is 25.4 Å². The lowest BCUT2D eigenvalue weighted by molar-refractivity contribution is -0.149. The van der Waals surface area contributed by atoms with Crippen molar-refractivity contribution in [3.8, 4) is 11.1 Å². The molecule has 4 N–H and O–H groups in total. The molecule has 9 heteroatoms. The average molecular weight is 489 g/mol. The molecule has 8 nitrogen and oxygen atoms in total. The number of benzene rings is 2. The van der Waals surface area contributed by atoms with Gasteiger partial charge in [-0.25, -0.2) is 4.79 Å². The van der Waals surface area contributed by atoms with Gasteiger partial charge in [-0.3, -0.25) is 9.59 Å². The number of aliphatic hydroxyl groups is 2. The van der Waals surface area contributed by atoms with Crippen molar-refractivity contribution in [3.05, 3.63) is 59.1 Å². The fraction of sp³-hybridized carbons (Fsp3) is 0.400. The second-order valence-electron chi connectivity index (χ2n) is 8.61. The van der Waals surface area contributed by atoms with Crippen LogP contribution in [0.25, 0.3) is 11.1 Å². The number of nitrogens with zero attached hydrogens (tertiary/aromatic N) is 1. The Kier molecular flexibility index (Phi) is 9.04. The van der Waals surface area contributed by atoms with Gasteiger partial charge in [-0.1, -0.05) is 48.0 Å². The summed E-state index contributed by atoms with van der Waals surface area (Å²) in [7, 11) is 0. The van der Waals surface area contributed by atoms with Crippen molar-refractivity contribution in [2.24, 2.45) is 5.92 Å². The molecule has 1 saturated heterocycles. The van der Waals surface area contributed by atoms with Gasteiger partial charge in [-0.2, -0.15) is 0 Å². The van der Waals surface area contributed by atoms with E-state index in [9.17, 15) is 24.6 Å². The van der Waals surface area contributed by atoms with Crippen LogP contribution < -0.4 is 5.32 Å². The van der Waals surface area contributed by atoms with Gasteiger partial charge in [0.25, 0.3) is 0 Å². The van der Waals surface area contributed by atoms with E-state index < -0.39 is 29.9 Å². The highest BCUT2D eigenvalue weighted by Crippen LogP contribution is 2.23. The van der Waals surface area contributed by atoms with Crippen LogP contribution >= 0.6 is 11.6 Å². The Balaban J connectivity index is 1.69. The van der Waals surface area contributed by atoms with E-state index in [4.69, 9.17) is 16.7 Å². The number of amides is 2. The zero-order valence-corrected chi connectivity index (χ0v) is 19.4. The van der Waals surface area contributed by atoms with E-state index >= 15 is 0 Å². The molecule has 0 saturated carbocycles. The lowest BCUT2D eigenvalue weighted by Crippen LogP contribution is -2.51. The minimum absolute atomic E-state index is 0.0516. The topological polar surface area (TPSA) is 127 Å². The molecule has 2 amide bonds. The number of nitrogens with one attached hydrogen (secondary N) is 1. The molecule has 182 valence electrons. The molecule has 0 aromatic heterocycles. The molecule has 0 bridgehead atoms. The van der Waals surface area contributed by atoms with Gasteiger partial charge >= 0.3 is 17.8 Å². The van der Waals surface area contributed by atoms with Crippen LogP contribution in [-0.2, 0) is 20.8 Å². The largest absolute Gasteiger partial charge is 0.479 e. The maximum atomic E-state index is 12.7. The van der Waals surface area contributed by atoms with E-state index in [2.05, 4.69) is 5.32 Å². The number of piperidine rings is 1. The lowest BCUT2D eigenvalue weighted by atomic mass is 9.97. The predicted molar refractivity (Wildman–Crippen MR) is 127 cm³/mol. The van der Waals surface area contributed by atoms with Crippen LogP contribution in [-0.4, -0.2) is 69.8 Å². The molecule has 0 radical (unpaired) electrons. The first-order valence-electron chi connectivity index (χ1n) is 11.2. The van der Waals surface area contributed by atoms with E-state index in [0.717, 1.165) is 23.1 Å². The van der Waals surface area contributed by atoms with Crippen LogP contribution in [0.4, 0.5) is 0 Å². The quantitative estimate of drug-likeness (QED) is 0.421. The molecule has 1 fully saturated rings. The van der Waals surface area contributed by atoms with Gasteiger partial charge in [0.2, 0.25) is 0 Å². The van der Waals surface area contributed by atoms with Gasteiger partial charge in [0.15, 0.2) is 6.10 Å². The monoisotopic (exact) mass is 488 g/mol. The summed E-state index contributed by atoms with van der Waals surface area (Å²) < 4.78 is 0. The Hall–Kier alpha value is -2.94. The van der Waals surface area contributed by atoms with Gasteiger partial charge in [0.05, 0.1) is 0 Å². The van der Waals surface area contributed by atoms with Crippen LogP contribution in [0.15, 0.2) is 48.5 Å². The van der Waals surface area contributed by atoms with Gasteiger partial charge in [-0.15, -0.1) is 0 Å². The molecular formula is C25H29ClN2O6. The molecule has 1 heterocycles. The maximum absolute atomic E-state index is 12.7. The number of likely N-dealkylation sites (tertiary alicyclic amines) is 1. The van der Waals surface area contributed by atoms with Gasteiger partial charge in [0, 0.05) is 37.2 Å². The Bertz CT molecular complexity index is 1010. The minimum atomic E-state index is -1.68. The highest BCUT2D eigenvalue weighted by Gasteiger charge is 2.30. The first kappa shape index (κ1) is 25.7. The van der Waals surface area contributed by atoms with E-state index in [0.29, 0.717) is 24.5 Å². The van der Waals surface area contributed by atoms with Crippen LogP contribution in [0.5, 0.6) is 0 Å². The molecule has 0 spiro atoms. The molecular weight excluding hydrogens is 460 g/mol. The number of carboxylic acids is 1. The summed E-state index contributed by atoms with van der Waals surface area (Å²) in [5.41, 5.74) is 2.69. The van der Waals surface area contributed by atoms with Gasteiger partial charge in [-0.05, 0) is 54.0 Å². The van der Waals surface area contributed by atoms with Gasteiger partial charge in [0.1, 0.15) is 0 Å². The van der Waals surface area contributed by atoms with E-state index in [1.54, 1.807) is 6.07 Å². The summed E-state index contributed by atoms with van der Waals surface area (Å²) in [6.45, 7) is 0.677. The van der Waals surface area contributed by atoms with Crippen molar-refractivity contribution in [1.29, 1.82) is 0 Å². The van der Waals surface area contributed by atoms with Crippen molar-refractivity contribution in [2.75, 3.05) is 19.7 Å². The fourth-order valence-electron chi connectivity index (χ4n) is 4.14. The number of hydrogen-bond donors (Lipinski definition) is 4. The molecule has 34 heavy (non-hydrogen) atoms. The van der Waals surface area contributed by atoms with E-state index in [1.807, 2.05) is 42.5 Å². The second-order valence-corrected chi connectivity index (χ2v) is 9.05. The van der Waals surface area contributed by atoms with Crippen LogP contribution in [0, 0.1) is 5.92 Å². The summed E-state index contributed by atoms with van der Waals surface area (Å²) in [6.07, 6.45) is -0.201. The first-order valence-corrected chi connectivity index (χ1v) is 11.6. The molecule has 2 unspecified atom stereocenters. The van der Waals surface area contributed by atoms with Crippen molar-refractivity contribution < 1.29 is 29.7 Å². The number of aliphatic hydroxyl groups excluding tert-OH is 2. The normalized spacial score (nSPS) is 17.6. The third-order valence-corrected chi connectivity index (χ3v) is 6.22. The zero-order valence-electron chi connectivity index (χ0n) is 18.7. The Labute approximate surface area is 203 Å². The van der Waals surface area contributed by atoms with Gasteiger partial charge < -0.3 is 25.5 Å². The zero-order chi connectivity index (χ0) is 24.7. The maximum Gasteiger partial charge on any atom is 0.332 e. The predicted octanol–water partition coefficient (Wildman–Crippen LogP) is 2.10. The summed E-state index contributed by atoms with van der Waals surface area (Å²) >= 11 is 6.06.